The van der Waals surface area contributed by atoms with Gasteiger partial charge in [0.05, 0.1) is 23.7 Å². The molecule has 0 amide bonds. The van der Waals surface area contributed by atoms with Crippen molar-refractivity contribution in [3.8, 4) is 6.07 Å². The third-order valence-electron chi connectivity index (χ3n) is 3.16. The van der Waals surface area contributed by atoms with Gasteiger partial charge in [-0.2, -0.15) is 9.57 Å². The molecule has 0 bridgehead atoms. The lowest BCUT2D eigenvalue weighted by Crippen LogP contribution is -2.40. The first-order valence-electron chi connectivity index (χ1n) is 6.73. The average molecular weight is 324 g/mol. The Kier molecular flexibility index (Phi) is 5.13. The van der Waals surface area contributed by atoms with Crippen molar-refractivity contribution in [2.24, 2.45) is 0 Å². The first-order chi connectivity index (χ1) is 10.4. The molecule has 1 saturated heterocycles. The van der Waals surface area contributed by atoms with Gasteiger partial charge in [0.2, 0.25) is 10.0 Å². The lowest BCUT2D eigenvalue weighted by atomic mass is 10.2. The number of benzene rings is 1. The van der Waals surface area contributed by atoms with Gasteiger partial charge >= 0.3 is 5.97 Å². The Morgan fingerprint density at radius 1 is 1.32 bits per heavy atom. The Morgan fingerprint density at radius 3 is 2.45 bits per heavy atom. The van der Waals surface area contributed by atoms with E-state index in [9.17, 15) is 13.2 Å². The van der Waals surface area contributed by atoms with Crippen LogP contribution in [0.1, 0.15) is 17.3 Å². The lowest BCUT2D eigenvalue weighted by molar-refractivity contribution is 0.0435. The van der Waals surface area contributed by atoms with Crippen molar-refractivity contribution in [3.63, 3.8) is 0 Å². The Morgan fingerprint density at radius 2 is 1.91 bits per heavy atom. The highest BCUT2D eigenvalue weighted by Gasteiger charge is 2.26. The molecule has 0 N–H and O–H groups in total. The Hall–Kier alpha value is -1.95. The van der Waals surface area contributed by atoms with E-state index in [-0.39, 0.29) is 10.5 Å². The summed E-state index contributed by atoms with van der Waals surface area (Å²) in [6.07, 6.45) is -0.857. The molecular formula is C14H16N2O5S. The summed E-state index contributed by atoms with van der Waals surface area (Å²) in [5.74, 6) is -0.663. The molecule has 1 aromatic carbocycles. The molecule has 8 heteroatoms. The largest absolute Gasteiger partial charge is 0.444 e. The molecule has 0 aromatic heterocycles. The molecule has 1 atom stereocenters. The normalized spacial score (nSPS) is 17.5. The predicted octanol–water partition coefficient (Wildman–Crippen LogP) is 0.776. The van der Waals surface area contributed by atoms with Crippen molar-refractivity contribution >= 4 is 16.0 Å². The molecular weight excluding hydrogens is 308 g/mol. The minimum atomic E-state index is -3.58. The SMILES string of the molecule is C[C@@H](C#N)OC(=O)c1ccc(S(=O)(=O)N2CCOCC2)cc1. The molecule has 118 valence electrons. The van der Waals surface area contributed by atoms with Gasteiger partial charge in [0, 0.05) is 13.1 Å². The molecule has 1 aliphatic heterocycles. The van der Waals surface area contributed by atoms with Crippen LogP contribution < -0.4 is 0 Å². The van der Waals surface area contributed by atoms with Crippen LogP contribution >= 0.6 is 0 Å². The van der Waals surface area contributed by atoms with Gasteiger partial charge < -0.3 is 9.47 Å². The van der Waals surface area contributed by atoms with E-state index < -0.39 is 22.1 Å². The fourth-order valence-corrected chi connectivity index (χ4v) is 3.36. The maximum absolute atomic E-state index is 12.4. The van der Waals surface area contributed by atoms with Gasteiger partial charge in [-0.25, -0.2) is 13.2 Å². The van der Waals surface area contributed by atoms with Crippen molar-refractivity contribution in [2.75, 3.05) is 26.3 Å². The van der Waals surface area contributed by atoms with E-state index in [0.29, 0.717) is 26.3 Å². The topological polar surface area (TPSA) is 96.7 Å². The molecule has 1 aliphatic rings. The monoisotopic (exact) mass is 324 g/mol. The van der Waals surface area contributed by atoms with Crippen molar-refractivity contribution in [1.29, 1.82) is 5.26 Å². The standard InChI is InChI=1S/C14H16N2O5S/c1-11(10-15)21-14(17)12-2-4-13(5-3-12)22(18,19)16-6-8-20-9-7-16/h2-5,11H,6-9H2,1H3/t11-/m0/s1. The van der Waals surface area contributed by atoms with Crippen LogP contribution in [0.25, 0.3) is 0 Å². The predicted molar refractivity (Wildman–Crippen MR) is 76.5 cm³/mol. The number of nitriles is 1. The first kappa shape index (κ1) is 16.4. The van der Waals surface area contributed by atoms with Crippen LogP contribution in [0.4, 0.5) is 0 Å². The lowest BCUT2D eigenvalue weighted by Gasteiger charge is -2.26. The summed E-state index contributed by atoms with van der Waals surface area (Å²) >= 11 is 0. The van der Waals surface area contributed by atoms with Crippen molar-refractivity contribution in [1.82, 2.24) is 4.31 Å². The minimum absolute atomic E-state index is 0.110. The van der Waals surface area contributed by atoms with E-state index in [1.807, 2.05) is 0 Å². The van der Waals surface area contributed by atoms with Crippen LogP contribution in [-0.2, 0) is 19.5 Å². The second-order valence-corrected chi connectivity index (χ2v) is 6.66. The smallest absolute Gasteiger partial charge is 0.339 e. The molecule has 0 spiro atoms. The second-order valence-electron chi connectivity index (χ2n) is 4.72. The summed E-state index contributed by atoms with van der Waals surface area (Å²) in [6.45, 7) is 2.82. The number of carbonyl (C=O) groups excluding carboxylic acids is 1. The summed E-state index contributed by atoms with van der Waals surface area (Å²) < 4.78 is 36.1. The molecule has 22 heavy (non-hydrogen) atoms. The molecule has 2 rings (SSSR count). The van der Waals surface area contributed by atoms with Gasteiger partial charge in [-0.3, -0.25) is 0 Å². The Bertz CT molecular complexity index is 672. The highest BCUT2D eigenvalue weighted by Crippen LogP contribution is 2.18. The molecule has 1 aromatic rings. The number of nitrogens with zero attached hydrogens (tertiary/aromatic N) is 2. The zero-order chi connectivity index (χ0) is 16.2. The van der Waals surface area contributed by atoms with Crippen LogP contribution in [-0.4, -0.2) is 51.1 Å². The number of ether oxygens (including phenoxy) is 2. The number of hydrogen-bond acceptors (Lipinski definition) is 6. The van der Waals surface area contributed by atoms with Crippen molar-refractivity contribution < 1.29 is 22.7 Å². The molecule has 0 unspecified atom stereocenters. The Labute approximate surface area is 129 Å². The van der Waals surface area contributed by atoms with Gasteiger partial charge in [0.15, 0.2) is 6.10 Å². The van der Waals surface area contributed by atoms with E-state index in [0.717, 1.165) is 0 Å². The van der Waals surface area contributed by atoms with Gasteiger partial charge in [0.25, 0.3) is 0 Å². The average Bonchev–Trinajstić information content (AvgIpc) is 2.55. The fraction of sp³-hybridized carbons (Fsp3) is 0.429. The van der Waals surface area contributed by atoms with Gasteiger partial charge in [-0.05, 0) is 31.2 Å². The van der Waals surface area contributed by atoms with E-state index in [1.165, 1.54) is 35.5 Å². The van der Waals surface area contributed by atoms with Crippen LogP contribution in [0.15, 0.2) is 29.2 Å². The maximum atomic E-state index is 12.4. The molecule has 7 nitrogen and oxygen atoms in total. The van der Waals surface area contributed by atoms with Crippen LogP contribution in [0.3, 0.4) is 0 Å². The van der Waals surface area contributed by atoms with Crippen molar-refractivity contribution in [3.05, 3.63) is 29.8 Å². The maximum Gasteiger partial charge on any atom is 0.339 e. The van der Waals surface area contributed by atoms with Crippen LogP contribution in [0.2, 0.25) is 0 Å². The third kappa shape index (κ3) is 3.62. The third-order valence-corrected chi connectivity index (χ3v) is 5.08. The quantitative estimate of drug-likeness (QED) is 0.759. The highest BCUT2D eigenvalue weighted by molar-refractivity contribution is 7.89. The van der Waals surface area contributed by atoms with Crippen LogP contribution in [0, 0.1) is 11.3 Å². The Balaban J connectivity index is 2.14. The van der Waals surface area contributed by atoms with E-state index >= 15 is 0 Å². The molecule has 1 fully saturated rings. The molecule has 0 radical (unpaired) electrons. The summed E-state index contributed by atoms with van der Waals surface area (Å²) in [5.41, 5.74) is 0.197. The second kappa shape index (κ2) is 6.87. The summed E-state index contributed by atoms with van der Waals surface area (Å²) in [4.78, 5) is 11.8. The zero-order valence-corrected chi connectivity index (χ0v) is 12.9. The molecule has 0 saturated carbocycles. The van der Waals surface area contributed by atoms with E-state index in [2.05, 4.69) is 0 Å². The number of rotatable bonds is 4. The fourth-order valence-electron chi connectivity index (χ4n) is 1.95. The number of hydrogen-bond donors (Lipinski definition) is 0. The van der Waals surface area contributed by atoms with Crippen LogP contribution in [0.5, 0.6) is 0 Å². The summed E-state index contributed by atoms with van der Waals surface area (Å²) in [5, 5.41) is 8.60. The highest BCUT2D eigenvalue weighted by atomic mass is 32.2. The van der Waals surface area contributed by atoms with E-state index in [1.54, 1.807) is 6.07 Å². The number of esters is 1. The summed E-state index contributed by atoms with van der Waals surface area (Å²) in [7, 11) is -3.58. The number of morpholine rings is 1. The zero-order valence-electron chi connectivity index (χ0n) is 12.1. The van der Waals surface area contributed by atoms with Gasteiger partial charge in [0.1, 0.15) is 6.07 Å². The van der Waals surface area contributed by atoms with E-state index in [4.69, 9.17) is 14.7 Å². The number of carbonyl (C=O) groups is 1. The van der Waals surface area contributed by atoms with Gasteiger partial charge in [-0.1, -0.05) is 0 Å². The number of sulfonamides is 1. The minimum Gasteiger partial charge on any atom is -0.444 e. The van der Waals surface area contributed by atoms with Crippen molar-refractivity contribution in [2.45, 2.75) is 17.9 Å². The van der Waals surface area contributed by atoms with Gasteiger partial charge in [-0.15, -0.1) is 0 Å². The summed E-state index contributed by atoms with van der Waals surface area (Å²) in [6, 6.07) is 7.26. The first-order valence-corrected chi connectivity index (χ1v) is 8.17. The molecule has 0 aliphatic carbocycles. The molecule has 1 heterocycles.